The van der Waals surface area contributed by atoms with Crippen LogP contribution in [0.15, 0.2) is 80.9 Å². The topological polar surface area (TPSA) is 64.6 Å². The Morgan fingerprint density at radius 1 is 1.07 bits per heavy atom. The van der Waals surface area contributed by atoms with Crippen molar-refractivity contribution in [3.05, 3.63) is 87.5 Å². The minimum atomic E-state index is -0.711. The molecule has 5 nitrogen and oxygen atoms in total. The first-order valence-corrected chi connectivity index (χ1v) is 10.0. The number of hydrogen-bond donors (Lipinski definition) is 0. The van der Waals surface area contributed by atoms with Gasteiger partial charge < -0.3 is 8.98 Å². The molecule has 0 N–H and O–H groups in total. The number of rotatable bonds is 2. The number of para-hydroxylation sites is 1. The van der Waals surface area contributed by atoms with Crippen LogP contribution in [0, 0.1) is 12.3 Å². The van der Waals surface area contributed by atoms with Crippen molar-refractivity contribution in [3.8, 4) is 12.3 Å². The van der Waals surface area contributed by atoms with Crippen LogP contribution in [0.3, 0.4) is 0 Å². The minimum absolute atomic E-state index is 0.108. The number of aromatic nitrogens is 1. The van der Waals surface area contributed by atoms with Crippen molar-refractivity contribution in [2.24, 2.45) is 4.99 Å². The van der Waals surface area contributed by atoms with Gasteiger partial charge in [0.2, 0.25) is 0 Å². The molecule has 144 valence electrons. The van der Waals surface area contributed by atoms with Gasteiger partial charge in [-0.25, -0.2) is 4.79 Å². The number of hydrogen-bond acceptors (Lipinski definition) is 4. The molecular formula is C24H14N2O3S. The summed E-state index contributed by atoms with van der Waals surface area (Å²) in [5.41, 5.74) is 0.504. The van der Waals surface area contributed by atoms with Crippen LogP contribution in [0.2, 0.25) is 0 Å². The van der Waals surface area contributed by atoms with Crippen molar-refractivity contribution in [1.82, 2.24) is 4.57 Å². The van der Waals surface area contributed by atoms with E-state index in [4.69, 9.17) is 10.8 Å². The van der Waals surface area contributed by atoms with E-state index in [9.17, 15) is 9.59 Å². The van der Waals surface area contributed by atoms with Gasteiger partial charge in [0.05, 0.1) is 16.8 Å². The van der Waals surface area contributed by atoms with Crippen LogP contribution in [-0.2, 0) is 6.54 Å². The van der Waals surface area contributed by atoms with E-state index >= 15 is 0 Å². The van der Waals surface area contributed by atoms with E-state index in [1.54, 1.807) is 18.2 Å². The van der Waals surface area contributed by atoms with Crippen LogP contribution in [0.4, 0.5) is 0 Å². The van der Waals surface area contributed by atoms with Crippen molar-refractivity contribution in [2.75, 3.05) is 0 Å². The lowest BCUT2D eigenvalue weighted by molar-refractivity contribution is 0.0994. The zero-order valence-corrected chi connectivity index (χ0v) is 16.5. The molecule has 0 aliphatic heterocycles. The summed E-state index contributed by atoms with van der Waals surface area (Å²) in [6.07, 6.45) is 5.56. The Morgan fingerprint density at radius 3 is 2.67 bits per heavy atom. The number of amides is 1. The fourth-order valence-corrected chi connectivity index (χ4v) is 4.65. The first-order chi connectivity index (χ1) is 14.7. The summed E-state index contributed by atoms with van der Waals surface area (Å²) in [5.74, 6) is 1.96. The maximum atomic E-state index is 12.9. The van der Waals surface area contributed by atoms with Gasteiger partial charge in [-0.3, -0.25) is 4.79 Å². The number of fused-ring (bicyclic) bond motifs is 4. The van der Waals surface area contributed by atoms with Crippen molar-refractivity contribution >= 4 is 49.2 Å². The second-order valence-corrected chi connectivity index (χ2v) is 7.69. The molecule has 3 aromatic carbocycles. The lowest BCUT2D eigenvalue weighted by Crippen LogP contribution is -2.19. The van der Waals surface area contributed by atoms with Crippen LogP contribution >= 0.6 is 11.3 Å². The molecule has 0 fully saturated rings. The predicted molar refractivity (Wildman–Crippen MR) is 119 cm³/mol. The summed E-state index contributed by atoms with van der Waals surface area (Å²) in [6, 6.07) is 20.5. The average molecular weight is 410 g/mol. The quantitative estimate of drug-likeness (QED) is 0.321. The molecule has 0 atom stereocenters. The van der Waals surface area contributed by atoms with Crippen LogP contribution in [0.25, 0.3) is 32.0 Å². The van der Waals surface area contributed by atoms with Gasteiger partial charge in [-0.1, -0.05) is 65.8 Å². The lowest BCUT2D eigenvalue weighted by Gasteiger charge is -2.02. The molecule has 1 amide bonds. The van der Waals surface area contributed by atoms with Crippen molar-refractivity contribution in [1.29, 1.82) is 0 Å². The summed E-state index contributed by atoms with van der Waals surface area (Å²) in [5, 5.41) is 2.81. The molecule has 0 radical (unpaired) electrons. The Bertz CT molecular complexity index is 1630. The Hall–Kier alpha value is -3.95. The molecule has 2 heterocycles. The van der Waals surface area contributed by atoms with Crippen molar-refractivity contribution < 1.29 is 9.21 Å². The van der Waals surface area contributed by atoms with E-state index < -0.39 is 11.5 Å². The molecule has 0 saturated heterocycles. The molecule has 6 heteroatoms. The maximum absolute atomic E-state index is 12.9. The Labute approximate surface area is 174 Å². The highest BCUT2D eigenvalue weighted by molar-refractivity contribution is 7.17. The molecule has 5 aromatic rings. The normalized spacial score (nSPS) is 11.9. The zero-order chi connectivity index (χ0) is 20.7. The molecule has 0 aliphatic carbocycles. The van der Waals surface area contributed by atoms with E-state index in [2.05, 4.69) is 10.9 Å². The Balaban J connectivity index is 1.74. The summed E-state index contributed by atoms with van der Waals surface area (Å²) < 4.78 is 8.07. The number of carbonyl (C=O) groups is 1. The minimum Gasteiger partial charge on any atom is -0.422 e. The van der Waals surface area contributed by atoms with E-state index in [1.165, 1.54) is 17.4 Å². The molecule has 0 aliphatic rings. The van der Waals surface area contributed by atoms with E-state index in [0.29, 0.717) is 15.8 Å². The van der Waals surface area contributed by atoms with Crippen LogP contribution in [-0.4, -0.2) is 10.5 Å². The lowest BCUT2D eigenvalue weighted by atomic mass is 10.1. The van der Waals surface area contributed by atoms with Crippen molar-refractivity contribution in [2.45, 2.75) is 6.54 Å². The van der Waals surface area contributed by atoms with Crippen LogP contribution in [0.5, 0.6) is 0 Å². The number of nitrogens with zero attached hydrogens (tertiary/aromatic N) is 2. The van der Waals surface area contributed by atoms with Crippen LogP contribution < -0.4 is 10.4 Å². The van der Waals surface area contributed by atoms with Gasteiger partial charge >= 0.3 is 5.63 Å². The standard InChI is InChI=1S/C24H14N2O3S/c1-2-13-26-19-12-11-15-7-3-5-9-17(15)21(19)30-24(26)25-22(27)18-14-16-8-4-6-10-20(16)29-23(18)28/h1,3-12,14H,13H2. The highest BCUT2D eigenvalue weighted by Crippen LogP contribution is 2.27. The Morgan fingerprint density at radius 2 is 1.83 bits per heavy atom. The molecule has 5 rings (SSSR count). The third kappa shape index (κ3) is 2.93. The fraction of sp³-hybridized carbons (Fsp3) is 0.0417. The third-order valence-electron chi connectivity index (χ3n) is 4.89. The molecule has 0 saturated carbocycles. The Kier molecular flexibility index (Phi) is 4.31. The first kappa shape index (κ1) is 18.1. The number of carbonyl (C=O) groups excluding carboxylic acids is 1. The van der Waals surface area contributed by atoms with Gasteiger partial charge in [-0.05, 0) is 23.6 Å². The van der Waals surface area contributed by atoms with Gasteiger partial charge in [0, 0.05) is 10.8 Å². The van der Waals surface area contributed by atoms with E-state index in [1.807, 2.05) is 47.0 Å². The number of thiazole rings is 1. The van der Waals surface area contributed by atoms with E-state index in [0.717, 1.165) is 21.0 Å². The third-order valence-corrected chi connectivity index (χ3v) is 6.02. The number of benzene rings is 3. The number of terminal acetylenes is 1. The van der Waals surface area contributed by atoms with Crippen molar-refractivity contribution in [3.63, 3.8) is 0 Å². The molecular weight excluding hydrogens is 396 g/mol. The monoisotopic (exact) mass is 410 g/mol. The average Bonchev–Trinajstić information content (AvgIpc) is 3.11. The predicted octanol–water partition coefficient (Wildman–Crippen LogP) is 4.34. The SMILES string of the molecule is C#CCn1c(=NC(=O)c2cc3ccccc3oc2=O)sc2c3ccccc3ccc21. The second-order valence-electron chi connectivity index (χ2n) is 6.71. The largest absolute Gasteiger partial charge is 0.422 e. The fourth-order valence-electron chi connectivity index (χ4n) is 3.49. The smallest absolute Gasteiger partial charge is 0.349 e. The molecule has 0 spiro atoms. The van der Waals surface area contributed by atoms with Gasteiger partial charge in [0.15, 0.2) is 4.80 Å². The summed E-state index contributed by atoms with van der Waals surface area (Å²) >= 11 is 1.37. The van der Waals surface area contributed by atoms with Gasteiger partial charge in [-0.15, -0.1) is 6.42 Å². The van der Waals surface area contributed by atoms with Gasteiger partial charge in [0.25, 0.3) is 5.91 Å². The summed E-state index contributed by atoms with van der Waals surface area (Å²) in [6.45, 7) is 0.261. The molecule has 30 heavy (non-hydrogen) atoms. The molecule has 0 unspecified atom stereocenters. The zero-order valence-electron chi connectivity index (χ0n) is 15.7. The van der Waals surface area contributed by atoms with Gasteiger partial charge in [0.1, 0.15) is 11.1 Å². The molecule has 2 aromatic heterocycles. The second kappa shape index (κ2) is 7.14. The molecule has 0 bridgehead atoms. The first-order valence-electron chi connectivity index (χ1n) is 9.22. The summed E-state index contributed by atoms with van der Waals surface area (Å²) in [7, 11) is 0. The highest BCUT2D eigenvalue weighted by atomic mass is 32.1. The van der Waals surface area contributed by atoms with E-state index in [-0.39, 0.29) is 12.1 Å². The van der Waals surface area contributed by atoms with Crippen LogP contribution in [0.1, 0.15) is 10.4 Å². The maximum Gasteiger partial charge on any atom is 0.349 e. The van der Waals surface area contributed by atoms with Gasteiger partial charge in [-0.2, -0.15) is 4.99 Å². The summed E-state index contributed by atoms with van der Waals surface area (Å²) in [4.78, 5) is 29.9. The highest BCUT2D eigenvalue weighted by Gasteiger charge is 2.15.